The highest BCUT2D eigenvalue weighted by molar-refractivity contribution is 7.90. The molecular weight excluding hydrogens is 440 g/mol. The molecule has 2 aromatic carbocycles. The maximum atomic E-state index is 12.4. The summed E-state index contributed by atoms with van der Waals surface area (Å²) >= 11 is 1.11. The Hall–Kier alpha value is -3.50. The molecule has 0 saturated heterocycles. The molecule has 0 saturated carbocycles. The molecule has 31 heavy (non-hydrogen) atoms. The van der Waals surface area contributed by atoms with Crippen LogP contribution >= 0.6 is 11.3 Å². The van der Waals surface area contributed by atoms with E-state index < -0.39 is 21.2 Å². The van der Waals surface area contributed by atoms with E-state index in [1.165, 1.54) is 12.1 Å². The molecular formula is C21H16N2O6S2. The summed E-state index contributed by atoms with van der Waals surface area (Å²) in [6.45, 7) is 0.193. The van der Waals surface area contributed by atoms with Gasteiger partial charge in [-0.2, -0.15) is 0 Å². The number of hydrogen-bond acceptors (Lipinski definition) is 8. The van der Waals surface area contributed by atoms with Crippen LogP contribution in [-0.4, -0.2) is 25.6 Å². The monoisotopic (exact) mass is 456 g/mol. The first-order chi connectivity index (χ1) is 14.8. The smallest absolute Gasteiger partial charge is 0.293 e. The summed E-state index contributed by atoms with van der Waals surface area (Å²) in [7, 11) is -3.35. The van der Waals surface area contributed by atoms with Crippen LogP contribution in [0, 0.1) is 0 Å². The minimum Gasteiger partial charge on any atom is -0.482 e. The summed E-state index contributed by atoms with van der Waals surface area (Å²) in [5, 5.41) is 2.80. The first-order valence-electron chi connectivity index (χ1n) is 9.01. The first kappa shape index (κ1) is 20.8. The molecule has 10 heteroatoms. The summed E-state index contributed by atoms with van der Waals surface area (Å²) in [6, 6.07) is 14.9. The van der Waals surface area contributed by atoms with E-state index in [1.54, 1.807) is 6.07 Å². The number of amides is 1. The van der Waals surface area contributed by atoms with Crippen molar-refractivity contribution in [3.63, 3.8) is 0 Å². The summed E-state index contributed by atoms with van der Waals surface area (Å²) in [5.74, 6) is -0.865. The van der Waals surface area contributed by atoms with Gasteiger partial charge in [0.25, 0.3) is 5.91 Å². The molecule has 0 aliphatic rings. The molecule has 0 aliphatic carbocycles. The number of hydrogen-bond donors (Lipinski definition) is 1. The van der Waals surface area contributed by atoms with Crippen molar-refractivity contribution >= 4 is 42.4 Å². The van der Waals surface area contributed by atoms with Crippen molar-refractivity contribution in [1.82, 2.24) is 4.98 Å². The molecule has 0 spiro atoms. The van der Waals surface area contributed by atoms with Gasteiger partial charge in [-0.05, 0) is 23.8 Å². The maximum absolute atomic E-state index is 12.4. The molecule has 0 unspecified atom stereocenters. The summed E-state index contributed by atoms with van der Waals surface area (Å²) in [6.07, 6.45) is 2.21. The molecule has 0 radical (unpaired) electrons. The largest absolute Gasteiger partial charge is 0.482 e. The lowest BCUT2D eigenvalue weighted by Crippen LogP contribution is -2.15. The van der Waals surface area contributed by atoms with Crippen molar-refractivity contribution in [1.29, 1.82) is 0 Å². The van der Waals surface area contributed by atoms with Gasteiger partial charge in [0.1, 0.15) is 12.9 Å². The quantitative estimate of drug-likeness (QED) is 0.472. The zero-order valence-electron chi connectivity index (χ0n) is 16.2. The average Bonchev–Trinajstić information content (AvgIpc) is 3.14. The van der Waals surface area contributed by atoms with E-state index in [1.807, 2.05) is 30.3 Å². The second-order valence-electron chi connectivity index (χ2n) is 6.62. The lowest BCUT2D eigenvalue weighted by atomic mass is 10.2. The lowest BCUT2D eigenvalue weighted by molar-refractivity contribution is 0.0993. The predicted molar refractivity (Wildman–Crippen MR) is 116 cm³/mol. The third-order valence-electron chi connectivity index (χ3n) is 4.27. The molecule has 4 rings (SSSR count). The van der Waals surface area contributed by atoms with Gasteiger partial charge in [-0.3, -0.25) is 14.9 Å². The van der Waals surface area contributed by atoms with Gasteiger partial charge in [0.2, 0.25) is 11.2 Å². The van der Waals surface area contributed by atoms with Crippen molar-refractivity contribution in [3.05, 3.63) is 82.4 Å². The second-order valence-corrected chi connectivity index (χ2v) is 9.67. The fourth-order valence-electron chi connectivity index (χ4n) is 2.71. The Bertz CT molecular complexity index is 1430. The summed E-state index contributed by atoms with van der Waals surface area (Å²) < 4.78 is 34.7. The first-order valence-corrected chi connectivity index (χ1v) is 11.7. The molecule has 0 aliphatic heterocycles. The van der Waals surface area contributed by atoms with E-state index in [9.17, 15) is 18.0 Å². The Morgan fingerprint density at radius 3 is 2.65 bits per heavy atom. The van der Waals surface area contributed by atoms with Crippen molar-refractivity contribution in [2.24, 2.45) is 0 Å². The van der Waals surface area contributed by atoms with Gasteiger partial charge in [0.05, 0.1) is 15.1 Å². The zero-order chi connectivity index (χ0) is 22.0. The number of carbonyl (C=O) groups excluding carboxylic acids is 1. The number of aromatic nitrogens is 1. The number of thiazole rings is 1. The van der Waals surface area contributed by atoms with E-state index in [4.69, 9.17) is 9.15 Å². The zero-order valence-corrected chi connectivity index (χ0v) is 17.8. The number of benzene rings is 2. The van der Waals surface area contributed by atoms with Gasteiger partial charge in [-0.25, -0.2) is 13.4 Å². The molecule has 8 nitrogen and oxygen atoms in total. The molecule has 2 aromatic heterocycles. The summed E-state index contributed by atoms with van der Waals surface area (Å²) in [4.78, 5) is 29.1. The highest BCUT2D eigenvalue weighted by Crippen LogP contribution is 2.28. The van der Waals surface area contributed by atoms with Gasteiger partial charge in [0.15, 0.2) is 20.7 Å². The van der Waals surface area contributed by atoms with Gasteiger partial charge in [0, 0.05) is 12.3 Å². The van der Waals surface area contributed by atoms with Gasteiger partial charge >= 0.3 is 0 Å². The number of nitrogens with zero attached hydrogens (tertiary/aromatic N) is 1. The number of anilines is 1. The van der Waals surface area contributed by atoms with E-state index >= 15 is 0 Å². The van der Waals surface area contributed by atoms with E-state index in [0.29, 0.717) is 10.2 Å². The minimum atomic E-state index is -3.35. The third kappa shape index (κ3) is 4.81. The van der Waals surface area contributed by atoms with Crippen LogP contribution in [0.1, 0.15) is 16.1 Å². The number of fused-ring (bicyclic) bond motifs is 1. The van der Waals surface area contributed by atoms with Gasteiger partial charge in [-0.1, -0.05) is 41.7 Å². The molecule has 0 fully saturated rings. The predicted octanol–water partition coefficient (Wildman–Crippen LogP) is 3.48. The van der Waals surface area contributed by atoms with Crippen molar-refractivity contribution in [2.75, 3.05) is 11.6 Å². The average molecular weight is 457 g/mol. The normalized spacial score (nSPS) is 11.4. The van der Waals surface area contributed by atoms with Crippen LogP contribution < -0.4 is 15.5 Å². The van der Waals surface area contributed by atoms with Crippen LogP contribution in [0.15, 0.2) is 75.0 Å². The molecule has 1 N–H and O–H groups in total. The van der Waals surface area contributed by atoms with Gasteiger partial charge in [-0.15, -0.1) is 0 Å². The number of rotatable bonds is 6. The van der Waals surface area contributed by atoms with Crippen LogP contribution in [0.25, 0.3) is 10.2 Å². The van der Waals surface area contributed by atoms with Crippen molar-refractivity contribution in [3.8, 4) is 5.75 Å². The molecule has 0 atom stereocenters. The fourth-order valence-corrected chi connectivity index (χ4v) is 4.33. The standard InChI is InChI=1S/C21H16N2O6S2/c1-31(26,27)14-7-8-15-19(9-14)30-21(22-15)23-20(25)17-10-16(24)18(12-29-17)28-11-13-5-3-2-4-6-13/h2-10,12H,11H2,1H3,(H,22,23,25). The number of ether oxygens (including phenoxy) is 1. The highest BCUT2D eigenvalue weighted by Gasteiger charge is 2.16. The van der Waals surface area contributed by atoms with Crippen LogP contribution in [0.4, 0.5) is 5.13 Å². The molecule has 1 amide bonds. The Kier molecular flexibility index (Phi) is 5.57. The number of sulfone groups is 1. The summed E-state index contributed by atoms with van der Waals surface area (Å²) in [5.41, 5.74) is 0.937. The fraction of sp³-hybridized carbons (Fsp3) is 0.0952. The Balaban J connectivity index is 1.48. The lowest BCUT2D eigenvalue weighted by Gasteiger charge is -2.06. The van der Waals surface area contributed by atoms with E-state index in [2.05, 4.69) is 10.3 Å². The van der Waals surface area contributed by atoms with E-state index in [0.717, 1.165) is 35.5 Å². The molecule has 0 bridgehead atoms. The SMILES string of the molecule is CS(=O)(=O)c1ccc2nc(NC(=O)c3cc(=O)c(OCc4ccccc4)co3)sc2c1. The number of nitrogens with one attached hydrogen (secondary N) is 1. The Morgan fingerprint density at radius 2 is 1.94 bits per heavy atom. The maximum Gasteiger partial charge on any atom is 0.293 e. The van der Waals surface area contributed by atoms with Crippen molar-refractivity contribution in [2.45, 2.75) is 11.5 Å². The van der Waals surface area contributed by atoms with Crippen molar-refractivity contribution < 1.29 is 22.4 Å². The van der Waals surface area contributed by atoms with Crippen LogP contribution in [-0.2, 0) is 16.4 Å². The van der Waals surface area contributed by atoms with Crippen LogP contribution in [0.5, 0.6) is 5.75 Å². The molecule has 158 valence electrons. The van der Waals surface area contributed by atoms with Gasteiger partial charge < -0.3 is 9.15 Å². The van der Waals surface area contributed by atoms with Crippen LogP contribution in [0.3, 0.4) is 0 Å². The Labute approximate surface area is 181 Å². The van der Waals surface area contributed by atoms with Crippen LogP contribution in [0.2, 0.25) is 0 Å². The topological polar surface area (TPSA) is 116 Å². The third-order valence-corrected chi connectivity index (χ3v) is 6.31. The van der Waals surface area contributed by atoms with E-state index in [-0.39, 0.29) is 28.1 Å². The highest BCUT2D eigenvalue weighted by atomic mass is 32.2. The second kappa shape index (κ2) is 8.32. The Morgan fingerprint density at radius 1 is 1.16 bits per heavy atom. The minimum absolute atomic E-state index is 0.00584. The number of carbonyl (C=O) groups is 1. The molecule has 4 aromatic rings. The molecule has 2 heterocycles.